The number of primary amides is 1. The highest BCUT2D eigenvalue weighted by Crippen LogP contribution is 2.18. The first-order chi connectivity index (χ1) is 8.16. The summed E-state index contributed by atoms with van der Waals surface area (Å²) in [5, 5.41) is 13.9. The van der Waals surface area contributed by atoms with Crippen LogP contribution in [0.1, 0.15) is 17.3 Å². The van der Waals surface area contributed by atoms with Crippen LogP contribution in [0.25, 0.3) is 0 Å². The van der Waals surface area contributed by atoms with Gasteiger partial charge in [0.2, 0.25) is 5.91 Å². The molecule has 2 aromatic rings. The van der Waals surface area contributed by atoms with Crippen LogP contribution in [-0.4, -0.2) is 26.5 Å². The van der Waals surface area contributed by atoms with E-state index in [2.05, 4.69) is 20.6 Å². The van der Waals surface area contributed by atoms with Crippen LogP contribution in [0.4, 0.5) is 0 Å². The van der Waals surface area contributed by atoms with Gasteiger partial charge in [0, 0.05) is 5.02 Å². The molecule has 88 valence electrons. The van der Waals surface area contributed by atoms with E-state index in [9.17, 15) is 4.79 Å². The summed E-state index contributed by atoms with van der Waals surface area (Å²) in [5.41, 5.74) is 6.25. The number of rotatable bonds is 4. The molecule has 1 atom stereocenters. The number of hydrogen-bond acceptors (Lipinski definition) is 4. The minimum Gasteiger partial charge on any atom is -0.369 e. The van der Waals surface area contributed by atoms with Crippen LogP contribution in [-0.2, 0) is 11.2 Å². The zero-order valence-electron chi connectivity index (χ0n) is 8.80. The summed E-state index contributed by atoms with van der Waals surface area (Å²) in [6.45, 7) is 0. The van der Waals surface area contributed by atoms with Crippen molar-refractivity contribution in [3.05, 3.63) is 40.7 Å². The van der Waals surface area contributed by atoms with Crippen molar-refractivity contribution < 1.29 is 4.79 Å². The molecular weight excluding hydrogens is 242 g/mol. The molecule has 7 heteroatoms. The molecule has 6 nitrogen and oxygen atoms in total. The Labute approximate surface area is 102 Å². The average molecular weight is 252 g/mol. The smallest absolute Gasteiger partial charge is 0.228 e. The molecule has 0 bridgehead atoms. The monoisotopic (exact) mass is 251 g/mol. The normalized spacial score (nSPS) is 12.3. The van der Waals surface area contributed by atoms with E-state index >= 15 is 0 Å². The summed E-state index contributed by atoms with van der Waals surface area (Å²) < 4.78 is 0. The number of halogens is 1. The molecule has 0 aliphatic heterocycles. The number of amides is 1. The molecule has 2 rings (SSSR count). The Morgan fingerprint density at radius 3 is 2.65 bits per heavy atom. The zero-order valence-corrected chi connectivity index (χ0v) is 9.55. The summed E-state index contributed by atoms with van der Waals surface area (Å²) in [6, 6.07) is 7.17. The third-order valence-electron chi connectivity index (χ3n) is 2.37. The van der Waals surface area contributed by atoms with Crippen molar-refractivity contribution in [2.45, 2.75) is 12.3 Å². The molecule has 0 aliphatic carbocycles. The van der Waals surface area contributed by atoms with Crippen LogP contribution in [0.2, 0.25) is 5.02 Å². The quantitative estimate of drug-likeness (QED) is 0.834. The summed E-state index contributed by atoms with van der Waals surface area (Å²) in [5.74, 6) is -0.774. The Balaban J connectivity index is 2.19. The molecular formula is C10H10ClN5O. The van der Waals surface area contributed by atoms with E-state index in [-0.39, 0.29) is 0 Å². The van der Waals surface area contributed by atoms with E-state index in [1.165, 1.54) is 0 Å². The highest BCUT2D eigenvalue weighted by molar-refractivity contribution is 6.30. The number of carbonyl (C=O) groups excluding carboxylic acids is 1. The lowest BCUT2D eigenvalue weighted by atomic mass is 9.98. The highest BCUT2D eigenvalue weighted by Gasteiger charge is 2.22. The Kier molecular flexibility index (Phi) is 3.34. The van der Waals surface area contributed by atoms with Crippen molar-refractivity contribution in [1.29, 1.82) is 0 Å². The molecule has 1 aromatic carbocycles. The number of aromatic nitrogens is 4. The number of hydrogen-bond donors (Lipinski definition) is 2. The summed E-state index contributed by atoms with van der Waals surface area (Å²) in [7, 11) is 0. The maximum Gasteiger partial charge on any atom is 0.228 e. The number of carbonyl (C=O) groups is 1. The number of benzene rings is 1. The number of nitrogens with one attached hydrogen (secondary N) is 1. The second kappa shape index (κ2) is 4.92. The van der Waals surface area contributed by atoms with Gasteiger partial charge in [0.25, 0.3) is 0 Å². The molecule has 0 fully saturated rings. The van der Waals surface area contributed by atoms with Gasteiger partial charge in [-0.2, -0.15) is 5.21 Å². The van der Waals surface area contributed by atoms with Gasteiger partial charge in [-0.25, -0.2) is 0 Å². The average Bonchev–Trinajstić information content (AvgIpc) is 2.81. The molecule has 1 unspecified atom stereocenters. The lowest BCUT2D eigenvalue weighted by molar-refractivity contribution is -0.119. The lowest BCUT2D eigenvalue weighted by Crippen LogP contribution is -2.24. The molecule has 3 N–H and O–H groups in total. The zero-order chi connectivity index (χ0) is 12.3. The lowest BCUT2D eigenvalue weighted by Gasteiger charge is -2.08. The molecule has 17 heavy (non-hydrogen) atoms. The van der Waals surface area contributed by atoms with Crippen LogP contribution < -0.4 is 5.73 Å². The first-order valence-electron chi connectivity index (χ1n) is 4.94. The van der Waals surface area contributed by atoms with Crippen molar-refractivity contribution >= 4 is 17.5 Å². The van der Waals surface area contributed by atoms with Gasteiger partial charge < -0.3 is 5.73 Å². The minimum atomic E-state index is -0.588. The topological polar surface area (TPSA) is 97.5 Å². The van der Waals surface area contributed by atoms with E-state index in [0.29, 0.717) is 17.3 Å². The molecule has 1 heterocycles. The van der Waals surface area contributed by atoms with Gasteiger partial charge >= 0.3 is 0 Å². The van der Waals surface area contributed by atoms with Crippen molar-refractivity contribution in [3.8, 4) is 0 Å². The van der Waals surface area contributed by atoms with E-state index < -0.39 is 11.8 Å². The molecule has 0 saturated heterocycles. The van der Waals surface area contributed by atoms with Gasteiger partial charge in [0.1, 0.15) is 5.92 Å². The maximum atomic E-state index is 11.3. The number of tetrazole rings is 1. The number of nitrogens with zero attached hydrogens (tertiary/aromatic N) is 3. The van der Waals surface area contributed by atoms with Gasteiger partial charge in [0.05, 0.1) is 0 Å². The van der Waals surface area contributed by atoms with Crippen molar-refractivity contribution in [2.75, 3.05) is 0 Å². The Bertz CT molecular complexity index is 496. The number of aromatic amines is 1. The van der Waals surface area contributed by atoms with Crippen LogP contribution in [0, 0.1) is 0 Å². The predicted octanol–water partition coefficient (Wildman–Crippen LogP) is 0.665. The summed E-state index contributed by atoms with van der Waals surface area (Å²) in [4.78, 5) is 11.3. The van der Waals surface area contributed by atoms with E-state index in [0.717, 1.165) is 5.56 Å². The Hall–Kier alpha value is -1.95. The van der Waals surface area contributed by atoms with Gasteiger partial charge in [-0.05, 0) is 24.1 Å². The first-order valence-corrected chi connectivity index (χ1v) is 5.31. The van der Waals surface area contributed by atoms with Crippen molar-refractivity contribution in [2.24, 2.45) is 5.73 Å². The highest BCUT2D eigenvalue weighted by atomic mass is 35.5. The fourth-order valence-electron chi connectivity index (χ4n) is 1.49. The summed E-state index contributed by atoms with van der Waals surface area (Å²) in [6.07, 6.45) is 0.423. The fraction of sp³-hybridized carbons (Fsp3) is 0.200. The van der Waals surface area contributed by atoms with Crippen molar-refractivity contribution in [3.63, 3.8) is 0 Å². The summed E-state index contributed by atoms with van der Waals surface area (Å²) >= 11 is 5.78. The van der Waals surface area contributed by atoms with Crippen LogP contribution in [0.5, 0.6) is 0 Å². The first kappa shape index (κ1) is 11.5. The fourth-order valence-corrected chi connectivity index (χ4v) is 1.62. The third-order valence-corrected chi connectivity index (χ3v) is 2.62. The SMILES string of the molecule is NC(=O)C(Cc1ccc(Cl)cc1)c1nn[nH]n1. The maximum absolute atomic E-state index is 11.3. The van der Waals surface area contributed by atoms with E-state index in [1.807, 2.05) is 12.1 Å². The van der Waals surface area contributed by atoms with Crippen LogP contribution in [0.3, 0.4) is 0 Å². The minimum absolute atomic E-state index is 0.299. The van der Waals surface area contributed by atoms with Crippen LogP contribution >= 0.6 is 11.6 Å². The second-order valence-corrected chi connectivity index (χ2v) is 3.99. The van der Waals surface area contributed by atoms with Gasteiger partial charge in [0.15, 0.2) is 5.82 Å². The number of nitrogens with two attached hydrogens (primary N) is 1. The largest absolute Gasteiger partial charge is 0.369 e. The van der Waals surface area contributed by atoms with Gasteiger partial charge in [-0.1, -0.05) is 28.9 Å². The molecule has 0 radical (unpaired) electrons. The second-order valence-electron chi connectivity index (χ2n) is 3.56. The third kappa shape index (κ3) is 2.79. The van der Waals surface area contributed by atoms with Gasteiger partial charge in [-0.15, -0.1) is 10.2 Å². The molecule has 1 aromatic heterocycles. The van der Waals surface area contributed by atoms with Crippen LogP contribution in [0.15, 0.2) is 24.3 Å². The molecule has 0 spiro atoms. The Morgan fingerprint density at radius 1 is 1.41 bits per heavy atom. The molecule has 0 saturated carbocycles. The van der Waals surface area contributed by atoms with E-state index in [1.54, 1.807) is 12.1 Å². The molecule has 0 aliphatic rings. The van der Waals surface area contributed by atoms with Gasteiger partial charge in [-0.3, -0.25) is 4.79 Å². The number of H-pyrrole nitrogens is 1. The Morgan fingerprint density at radius 2 is 2.12 bits per heavy atom. The predicted molar refractivity (Wildman–Crippen MR) is 61.3 cm³/mol. The van der Waals surface area contributed by atoms with Crippen molar-refractivity contribution in [1.82, 2.24) is 20.6 Å². The van der Waals surface area contributed by atoms with E-state index in [4.69, 9.17) is 17.3 Å². The molecule has 1 amide bonds. The standard InChI is InChI=1S/C10H10ClN5O/c11-7-3-1-6(2-4-7)5-8(9(12)17)10-13-15-16-14-10/h1-4,8H,5H2,(H2,12,17)(H,13,14,15,16).